The van der Waals surface area contributed by atoms with Crippen LogP contribution in [0.1, 0.15) is 75.6 Å². The number of carbonyl (C=O) groups excluding carboxylic acids is 3. The molecular formula is C34H41N5O3S2. The molecule has 3 aliphatic rings. The van der Waals surface area contributed by atoms with Gasteiger partial charge in [-0.25, -0.2) is 4.98 Å². The van der Waals surface area contributed by atoms with Gasteiger partial charge < -0.3 is 15.1 Å². The summed E-state index contributed by atoms with van der Waals surface area (Å²) in [6, 6.07) is 12.6. The van der Waals surface area contributed by atoms with Gasteiger partial charge in [0.05, 0.1) is 10.4 Å². The normalized spacial score (nSPS) is 21.1. The molecule has 0 radical (unpaired) electrons. The summed E-state index contributed by atoms with van der Waals surface area (Å²) in [6.07, 6.45) is 7.27. The lowest BCUT2D eigenvalue weighted by Gasteiger charge is -2.34. The molecule has 3 fully saturated rings. The molecule has 2 aromatic carbocycles. The highest BCUT2D eigenvalue weighted by Gasteiger charge is 2.39. The molecule has 1 aliphatic heterocycles. The molecule has 2 saturated carbocycles. The fourth-order valence-corrected chi connectivity index (χ4v) is 8.66. The van der Waals surface area contributed by atoms with Crippen molar-refractivity contribution in [2.45, 2.75) is 69.0 Å². The predicted octanol–water partition coefficient (Wildman–Crippen LogP) is 5.89. The SMILES string of the molecule is CC(=O)N1CCN(C(=O)c2cc(CSc3cnc(NC(=O)c4ccc(CNC5CC6CCC5C6)cc4)s3)cc(C)c2C)CC1. The number of benzene rings is 2. The van der Waals surface area contributed by atoms with Crippen LogP contribution in [0.4, 0.5) is 5.13 Å². The van der Waals surface area contributed by atoms with Crippen LogP contribution in [0.3, 0.4) is 0 Å². The van der Waals surface area contributed by atoms with E-state index in [1.165, 1.54) is 42.6 Å². The molecule has 6 rings (SSSR count). The van der Waals surface area contributed by atoms with E-state index in [1.54, 1.807) is 29.8 Å². The van der Waals surface area contributed by atoms with Gasteiger partial charge in [0.1, 0.15) is 0 Å². The van der Waals surface area contributed by atoms with Crippen molar-refractivity contribution in [3.8, 4) is 0 Å². The lowest BCUT2D eigenvalue weighted by molar-refractivity contribution is -0.130. The number of nitrogens with zero attached hydrogens (tertiary/aromatic N) is 3. The minimum atomic E-state index is -0.162. The van der Waals surface area contributed by atoms with Crippen molar-refractivity contribution in [3.63, 3.8) is 0 Å². The monoisotopic (exact) mass is 631 g/mol. The molecule has 8 nitrogen and oxygen atoms in total. The van der Waals surface area contributed by atoms with E-state index in [-0.39, 0.29) is 17.7 Å². The minimum absolute atomic E-state index is 0.0216. The highest BCUT2D eigenvalue weighted by Crippen LogP contribution is 2.44. The number of aryl methyl sites for hydroxylation is 1. The fourth-order valence-electron chi connectivity index (χ4n) is 6.86. The molecule has 2 heterocycles. The molecule has 1 aromatic heterocycles. The Kier molecular flexibility index (Phi) is 9.40. The fraction of sp³-hybridized carbons (Fsp3) is 0.471. The van der Waals surface area contributed by atoms with Crippen LogP contribution in [0.5, 0.6) is 0 Å². The summed E-state index contributed by atoms with van der Waals surface area (Å²) >= 11 is 3.09. The van der Waals surface area contributed by atoms with E-state index >= 15 is 0 Å². The van der Waals surface area contributed by atoms with E-state index in [2.05, 4.69) is 21.7 Å². The van der Waals surface area contributed by atoms with Crippen LogP contribution in [-0.4, -0.2) is 64.7 Å². The molecule has 3 atom stereocenters. The lowest BCUT2D eigenvalue weighted by Crippen LogP contribution is -2.50. The number of carbonyl (C=O) groups is 3. The largest absolute Gasteiger partial charge is 0.339 e. The second-order valence-electron chi connectivity index (χ2n) is 12.5. The van der Waals surface area contributed by atoms with E-state index in [1.807, 2.05) is 49.1 Å². The number of piperazine rings is 1. The second-order valence-corrected chi connectivity index (χ2v) is 14.8. The third-order valence-electron chi connectivity index (χ3n) is 9.58. The molecule has 2 aliphatic carbocycles. The van der Waals surface area contributed by atoms with Crippen molar-refractivity contribution in [2.75, 3.05) is 31.5 Å². The first-order valence-corrected chi connectivity index (χ1v) is 17.4. The number of rotatable bonds is 9. The van der Waals surface area contributed by atoms with Crippen LogP contribution in [0.25, 0.3) is 0 Å². The topological polar surface area (TPSA) is 94.6 Å². The Morgan fingerprint density at radius 3 is 2.41 bits per heavy atom. The molecule has 2 N–H and O–H groups in total. The third kappa shape index (κ3) is 7.03. The standard InChI is InChI=1S/C34H41N5O3S2/c1-21-14-26(16-29(22(21)2)33(42)39-12-10-38(11-13-39)23(3)40)20-43-31-19-36-34(44-31)37-32(41)27-7-4-24(5-8-27)18-35-30-17-25-6-9-28(30)15-25/h4-5,7-8,14,16,19,25,28,30,35H,6,9-13,15,17-18,20H2,1-3H3,(H,36,37,41). The average Bonchev–Trinajstić information content (AvgIpc) is 3.78. The highest BCUT2D eigenvalue weighted by molar-refractivity contribution is 8.00. The maximum Gasteiger partial charge on any atom is 0.257 e. The number of hydrogen-bond acceptors (Lipinski definition) is 7. The minimum Gasteiger partial charge on any atom is -0.339 e. The first-order chi connectivity index (χ1) is 21.2. The molecular weight excluding hydrogens is 591 g/mol. The number of amides is 3. The molecule has 10 heteroatoms. The van der Waals surface area contributed by atoms with Gasteiger partial charge in [-0.05, 0) is 85.4 Å². The Bertz CT molecular complexity index is 1530. The van der Waals surface area contributed by atoms with Gasteiger partial charge in [-0.3, -0.25) is 19.7 Å². The van der Waals surface area contributed by atoms with Gasteiger partial charge in [-0.15, -0.1) is 11.8 Å². The van der Waals surface area contributed by atoms with Crippen molar-refractivity contribution >= 4 is 46.0 Å². The number of hydrogen-bond donors (Lipinski definition) is 2. The molecule has 232 valence electrons. The number of thioether (sulfide) groups is 1. The van der Waals surface area contributed by atoms with Crippen LogP contribution in [0.15, 0.2) is 46.8 Å². The Balaban J connectivity index is 1.00. The van der Waals surface area contributed by atoms with Crippen LogP contribution >= 0.6 is 23.1 Å². The quantitative estimate of drug-likeness (QED) is 0.286. The van der Waals surface area contributed by atoms with Gasteiger partial charge >= 0.3 is 0 Å². The Morgan fingerprint density at radius 2 is 1.73 bits per heavy atom. The van der Waals surface area contributed by atoms with E-state index in [4.69, 9.17) is 0 Å². The van der Waals surface area contributed by atoms with Crippen molar-refractivity contribution in [2.24, 2.45) is 11.8 Å². The smallest absolute Gasteiger partial charge is 0.257 e. The molecule has 0 spiro atoms. The van der Waals surface area contributed by atoms with Gasteiger partial charge in [0, 0.05) is 62.6 Å². The van der Waals surface area contributed by atoms with Crippen molar-refractivity contribution in [3.05, 3.63) is 76.0 Å². The van der Waals surface area contributed by atoms with E-state index in [9.17, 15) is 14.4 Å². The van der Waals surface area contributed by atoms with E-state index in [0.717, 1.165) is 44.8 Å². The van der Waals surface area contributed by atoms with E-state index in [0.29, 0.717) is 48.7 Å². The Hall–Kier alpha value is -3.21. The highest BCUT2D eigenvalue weighted by atomic mass is 32.2. The molecule has 3 unspecified atom stereocenters. The molecule has 44 heavy (non-hydrogen) atoms. The Morgan fingerprint density at radius 1 is 0.977 bits per heavy atom. The number of aromatic nitrogens is 1. The van der Waals surface area contributed by atoms with Gasteiger partial charge in [-0.2, -0.15) is 0 Å². The zero-order valence-electron chi connectivity index (χ0n) is 25.7. The van der Waals surface area contributed by atoms with Gasteiger partial charge in [0.15, 0.2) is 5.13 Å². The van der Waals surface area contributed by atoms with Crippen LogP contribution < -0.4 is 10.6 Å². The summed E-state index contributed by atoms with van der Waals surface area (Å²) in [5.74, 6) is 2.37. The first-order valence-electron chi connectivity index (χ1n) is 15.6. The van der Waals surface area contributed by atoms with Gasteiger partial charge in [-0.1, -0.05) is 36.0 Å². The summed E-state index contributed by atoms with van der Waals surface area (Å²) in [7, 11) is 0. The number of anilines is 1. The van der Waals surface area contributed by atoms with Crippen LogP contribution in [-0.2, 0) is 17.1 Å². The van der Waals surface area contributed by atoms with Crippen LogP contribution in [0.2, 0.25) is 0 Å². The first kappa shape index (κ1) is 30.8. The molecule has 2 bridgehead atoms. The van der Waals surface area contributed by atoms with E-state index < -0.39 is 0 Å². The van der Waals surface area contributed by atoms with Crippen molar-refractivity contribution in [1.82, 2.24) is 20.1 Å². The number of thiazole rings is 1. The summed E-state index contributed by atoms with van der Waals surface area (Å²) < 4.78 is 0.994. The summed E-state index contributed by atoms with van der Waals surface area (Å²) in [4.78, 5) is 46.0. The zero-order chi connectivity index (χ0) is 30.8. The van der Waals surface area contributed by atoms with Crippen LogP contribution in [0, 0.1) is 25.7 Å². The maximum absolute atomic E-state index is 13.4. The summed E-state index contributed by atoms with van der Waals surface area (Å²) in [5, 5.41) is 7.25. The lowest BCUT2D eigenvalue weighted by atomic mass is 9.95. The molecule has 3 amide bonds. The molecule has 3 aromatic rings. The Labute approximate surface area is 268 Å². The maximum atomic E-state index is 13.4. The average molecular weight is 632 g/mol. The van der Waals surface area contributed by atoms with Gasteiger partial charge in [0.25, 0.3) is 11.8 Å². The van der Waals surface area contributed by atoms with Gasteiger partial charge in [0.2, 0.25) is 5.91 Å². The number of nitrogens with one attached hydrogen (secondary N) is 2. The molecule has 1 saturated heterocycles. The summed E-state index contributed by atoms with van der Waals surface area (Å²) in [6.45, 7) is 8.69. The van der Waals surface area contributed by atoms with Crippen molar-refractivity contribution in [1.29, 1.82) is 0 Å². The third-order valence-corrected chi connectivity index (χ3v) is 11.8. The zero-order valence-corrected chi connectivity index (χ0v) is 27.4. The predicted molar refractivity (Wildman–Crippen MR) is 176 cm³/mol. The number of fused-ring (bicyclic) bond motifs is 2. The van der Waals surface area contributed by atoms with Crippen molar-refractivity contribution < 1.29 is 14.4 Å². The second kappa shape index (κ2) is 13.4. The summed E-state index contributed by atoms with van der Waals surface area (Å²) in [5.41, 5.74) is 5.68.